The first-order valence-corrected chi connectivity index (χ1v) is 11.2. The molecule has 0 aliphatic carbocycles. The Balaban J connectivity index is 1.73. The first kappa shape index (κ1) is 23.7. The molecule has 35 heavy (non-hydrogen) atoms. The van der Waals surface area contributed by atoms with E-state index in [0.717, 1.165) is 39.0 Å². The van der Waals surface area contributed by atoms with Gasteiger partial charge in [-0.25, -0.2) is 4.98 Å². The molecule has 0 unspecified atom stereocenters. The van der Waals surface area contributed by atoms with Crippen LogP contribution in [0.15, 0.2) is 73.1 Å². The minimum Gasteiger partial charge on any atom is -0.497 e. The molecule has 1 amide bonds. The molecule has 2 aromatic heterocycles. The lowest BCUT2D eigenvalue weighted by atomic mass is 10.0. The van der Waals surface area contributed by atoms with E-state index in [9.17, 15) is 10.1 Å². The highest BCUT2D eigenvalue weighted by molar-refractivity contribution is 6.02. The number of nitrogens with zero attached hydrogens (tertiary/aromatic N) is 4. The number of hydrogen-bond acceptors (Lipinski definition) is 5. The SMILES string of the molecule is COc1cc(-c2cnc3[nH]cc(-c4cccc(C#N)c4)c3c2)cc(N(C)C(=O)/C=C/CN(C)C)c1. The highest BCUT2D eigenvalue weighted by atomic mass is 16.5. The molecule has 0 aliphatic rings. The summed E-state index contributed by atoms with van der Waals surface area (Å²) in [5.74, 6) is 0.524. The Kier molecular flexibility index (Phi) is 6.95. The van der Waals surface area contributed by atoms with Crippen LogP contribution in [0.3, 0.4) is 0 Å². The Labute approximate surface area is 204 Å². The van der Waals surface area contributed by atoms with E-state index in [-0.39, 0.29) is 5.91 Å². The normalized spacial score (nSPS) is 11.2. The Hall–Kier alpha value is -4.41. The van der Waals surface area contributed by atoms with Gasteiger partial charge in [0.2, 0.25) is 5.91 Å². The Bertz CT molecular complexity index is 1450. The highest BCUT2D eigenvalue weighted by Crippen LogP contribution is 2.34. The molecule has 2 aromatic carbocycles. The number of aromatic amines is 1. The number of rotatable bonds is 7. The van der Waals surface area contributed by atoms with Gasteiger partial charge in [0.1, 0.15) is 11.4 Å². The van der Waals surface area contributed by atoms with Crippen LogP contribution in [0.2, 0.25) is 0 Å². The van der Waals surface area contributed by atoms with Crippen molar-refractivity contribution < 1.29 is 9.53 Å². The summed E-state index contributed by atoms with van der Waals surface area (Å²) in [4.78, 5) is 24.1. The summed E-state index contributed by atoms with van der Waals surface area (Å²) in [6.45, 7) is 0.685. The maximum absolute atomic E-state index is 12.7. The minimum atomic E-state index is -0.120. The summed E-state index contributed by atoms with van der Waals surface area (Å²) < 4.78 is 5.53. The molecule has 176 valence electrons. The summed E-state index contributed by atoms with van der Waals surface area (Å²) >= 11 is 0. The molecular formula is C28H27N5O2. The van der Waals surface area contributed by atoms with Crippen molar-refractivity contribution in [3.63, 3.8) is 0 Å². The number of nitrogens with one attached hydrogen (secondary N) is 1. The maximum Gasteiger partial charge on any atom is 0.250 e. The predicted octanol–water partition coefficient (Wildman–Crippen LogP) is 4.86. The number of carbonyl (C=O) groups is 1. The molecule has 7 nitrogen and oxygen atoms in total. The lowest BCUT2D eigenvalue weighted by molar-refractivity contribution is -0.113. The Morgan fingerprint density at radius 3 is 2.69 bits per heavy atom. The number of carbonyl (C=O) groups excluding carboxylic acids is 1. The zero-order valence-corrected chi connectivity index (χ0v) is 20.2. The number of nitriles is 1. The largest absolute Gasteiger partial charge is 0.497 e. The average molecular weight is 466 g/mol. The van der Waals surface area contributed by atoms with E-state index in [4.69, 9.17) is 4.74 Å². The summed E-state index contributed by atoms with van der Waals surface area (Å²) in [5.41, 5.74) is 5.75. The molecule has 0 bridgehead atoms. The van der Waals surface area contributed by atoms with Crippen molar-refractivity contribution in [1.82, 2.24) is 14.9 Å². The topological polar surface area (TPSA) is 85.2 Å². The molecular weight excluding hydrogens is 438 g/mol. The molecule has 0 aliphatic heterocycles. The number of amides is 1. The second-order valence-corrected chi connectivity index (χ2v) is 8.50. The van der Waals surface area contributed by atoms with Crippen LogP contribution in [0.5, 0.6) is 5.75 Å². The van der Waals surface area contributed by atoms with Crippen molar-refractivity contribution >= 4 is 22.6 Å². The van der Waals surface area contributed by atoms with Crippen molar-refractivity contribution in [3.8, 4) is 34.1 Å². The number of anilines is 1. The monoisotopic (exact) mass is 465 g/mol. The molecule has 4 aromatic rings. The molecule has 0 saturated heterocycles. The third kappa shape index (κ3) is 5.24. The first-order chi connectivity index (χ1) is 16.9. The molecule has 7 heteroatoms. The molecule has 4 rings (SSSR count). The third-order valence-electron chi connectivity index (χ3n) is 5.74. The molecule has 1 N–H and O–H groups in total. The number of methoxy groups -OCH3 is 1. The van der Waals surface area contributed by atoms with Gasteiger partial charge in [-0.3, -0.25) is 4.79 Å². The van der Waals surface area contributed by atoms with E-state index in [1.807, 2.05) is 67.7 Å². The van der Waals surface area contributed by atoms with Gasteiger partial charge in [-0.15, -0.1) is 0 Å². The van der Waals surface area contributed by atoms with Gasteiger partial charge in [-0.2, -0.15) is 5.26 Å². The number of ether oxygens (including phenoxy) is 1. The van der Waals surface area contributed by atoms with E-state index in [1.54, 1.807) is 37.4 Å². The predicted molar refractivity (Wildman–Crippen MR) is 139 cm³/mol. The smallest absolute Gasteiger partial charge is 0.250 e. The Morgan fingerprint density at radius 1 is 1.11 bits per heavy atom. The van der Waals surface area contributed by atoms with Gasteiger partial charge in [0, 0.05) is 60.3 Å². The van der Waals surface area contributed by atoms with Crippen LogP contribution in [-0.4, -0.2) is 55.6 Å². The zero-order chi connectivity index (χ0) is 24.9. The number of likely N-dealkylation sites (N-methyl/N-ethyl adjacent to an activating group) is 2. The van der Waals surface area contributed by atoms with Crippen LogP contribution in [-0.2, 0) is 4.79 Å². The lowest BCUT2D eigenvalue weighted by Gasteiger charge is -2.18. The fourth-order valence-corrected chi connectivity index (χ4v) is 3.82. The maximum atomic E-state index is 12.7. The van der Waals surface area contributed by atoms with E-state index >= 15 is 0 Å². The fourth-order valence-electron chi connectivity index (χ4n) is 3.82. The average Bonchev–Trinajstić information content (AvgIpc) is 3.31. The van der Waals surface area contributed by atoms with E-state index in [0.29, 0.717) is 17.9 Å². The molecule has 0 radical (unpaired) electrons. The van der Waals surface area contributed by atoms with Gasteiger partial charge in [0.25, 0.3) is 0 Å². The summed E-state index contributed by atoms with van der Waals surface area (Å²) in [5, 5.41) is 10.2. The zero-order valence-electron chi connectivity index (χ0n) is 20.2. The minimum absolute atomic E-state index is 0.120. The standard InChI is InChI=1S/C28H27N5O2/c1-32(2)10-6-9-27(34)33(3)23-12-21(13-24(15-23)35-4)22-14-25-26(18-31-28(25)30-17-22)20-8-5-7-19(11-20)16-29/h5-9,11-15,17-18H,10H2,1-4H3,(H,30,31)/b9-6+. The van der Waals surface area contributed by atoms with Crippen LogP contribution in [0.4, 0.5) is 5.69 Å². The van der Waals surface area contributed by atoms with E-state index < -0.39 is 0 Å². The van der Waals surface area contributed by atoms with Crippen molar-refractivity contribution in [1.29, 1.82) is 5.26 Å². The van der Waals surface area contributed by atoms with Gasteiger partial charge in [0.05, 0.1) is 18.7 Å². The van der Waals surface area contributed by atoms with E-state index in [2.05, 4.69) is 22.1 Å². The van der Waals surface area contributed by atoms with Crippen LogP contribution >= 0.6 is 0 Å². The third-order valence-corrected chi connectivity index (χ3v) is 5.74. The molecule has 0 fully saturated rings. The van der Waals surface area contributed by atoms with Gasteiger partial charge in [-0.1, -0.05) is 18.2 Å². The molecule has 2 heterocycles. The summed E-state index contributed by atoms with van der Waals surface area (Å²) in [7, 11) is 7.26. The number of fused-ring (bicyclic) bond motifs is 1. The van der Waals surface area contributed by atoms with Gasteiger partial charge in [-0.05, 0) is 55.6 Å². The number of H-pyrrole nitrogens is 1. The van der Waals surface area contributed by atoms with Crippen LogP contribution in [0.1, 0.15) is 5.56 Å². The number of aromatic nitrogens is 2. The summed E-state index contributed by atoms with van der Waals surface area (Å²) in [6, 6.07) is 17.5. The van der Waals surface area contributed by atoms with Gasteiger partial charge >= 0.3 is 0 Å². The second kappa shape index (κ2) is 10.2. The molecule has 0 spiro atoms. The van der Waals surface area contributed by atoms with Gasteiger partial charge < -0.3 is 19.5 Å². The van der Waals surface area contributed by atoms with E-state index in [1.165, 1.54) is 0 Å². The second-order valence-electron chi connectivity index (χ2n) is 8.50. The van der Waals surface area contributed by atoms with Crippen molar-refractivity contribution in [3.05, 3.63) is 78.6 Å². The highest BCUT2D eigenvalue weighted by Gasteiger charge is 2.14. The Morgan fingerprint density at radius 2 is 1.94 bits per heavy atom. The number of benzene rings is 2. The quantitative estimate of drug-likeness (QED) is 0.394. The van der Waals surface area contributed by atoms with Crippen LogP contribution in [0.25, 0.3) is 33.3 Å². The fraction of sp³-hybridized carbons (Fsp3) is 0.179. The number of pyridine rings is 1. The summed E-state index contributed by atoms with van der Waals surface area (Å²) in [6.07, 6.45) is 7.12. The van der Waals surface area contributed by atoms with Gasteiger partial charge in [0.15, 0.2) is 0 Å². The van der Waals surface area contributed by atoms with Crippen molar-refractivity contribution in [2.45, 2.75) is 0 Å². The van der Waals surface area contributed by atoms with Crippen LogP contribution < -0.4 is 9.64 Å². The molecule has 0 atom stereocenters. The van der Waals surface area contributed by atoms with Crippen molar-refractivity contribution in [2.75, 3.05) is 39.7 Å². The van der Waals surface area contributed by atoms with Crippen LogP contribution in [0, 0.1) is 11.3 Å². The number of hydrogen-bond donors (Lipinski definition) is 1. The first-order valence-electron chi connectivity index (χ1n) is 11.2. The lowest BCUT2D eigenvalue weighted by Crippen LogP contribution is -2.24. The molecule has 0 saturated carbocycles. The van der Waals surface area contributed by atoms with Crippen molar-refractivity contribution in [2.24, 2.45) is 0 Å².